The predicted octanol–water partition coefficient (Wildman–Crippen LogP) is 3.41. The Kier molecular flexibility index (Phi) is 5.05. The number of ether oxygens (including phenoxy) is 1. The summed E-state index contributed by atoms with van der Waals surface area (Å²) >= 11 is 2.14. The summed E-state index contributed by atoms with van der Waals surface area (Å²) in [5, 5.41) is 9.00. The molecule has 0 aliphatic carbocycles. The highest BCUT2D eigenvalue weighted by molar-refractivity contribution is 14.1. The number of carboxylic acids is 1. The molecule has 1 rings (SSSR count). The van der Waals surface area contributed by atoms with Crippen molar-refractivity contribution >= 4 is 28.6 Å². The van der Waals surface area contributed by atoms with Gasteiger partial charge in [0.15, 0.2) is 0 Å². The summed E-state index contributed by atoms with van der Waals surface area (Å²) in [6.45, 7) is 4.71. The first-order chi connectivity index (χ1) is 7.54. The Morgan fingerprint density at radius 2 is 2.25 bits per heavy atom. The highest BCUT2D eigenvalue weighted by Crippen LogP contribution is 2.22. The van der Waals surface area contributed by atoms with Crippen molar-refractivity contribution < 1.29 is 14.6 Å². The second-order valence-electron chi connectivity index (χ2n) is 3.77. The van der Waals surface area contributed by atoms with Crippen molar-refractivity contribution in [2.75, 3.05) is 6.61 Å². The molecule has 0 saturated heterocycles. The highest BCUT2D eigenvalue weighted by atomic mass is 127. The van der Waals surface area contributed by atoms with Gasteiger partial charge in [0.05, 0.1) is 6.61 Å². The van der Waals surface area contributed by atoms with Crippen LogP contribution in [0.15, 0.2) is 18.2 Å². The zero-order chi connectivity index (χ0) is 12.1. The molecule has 1 aromatic carbocycles. The average Bonchev–Trinajstić information content (AvgIpc) is 2.25. The van der Waals surface area contributed by atoms with Crippen molar-refractivity contribution in [3.8, 4) is 5.75 Å². The van der Waals surface area contributed by atoms with E-state index in [4.69, 9.17) is 9.84 Å². The van der Waals surface area contributed by atoms with E-state index >= 15 is 0 Å². The average molecular weight is 334 g/mol. The van der Waals surface area contributed by atoms with E-state index in [2.05, 4.69) is 36.4 Å². The van der Waals surface area contributed by atoms with Gasteiger partial charge in [-0.3, -0.25) is 0 Å². The first kappa shape index (κ1) is 13.3. The summed E-state index contributed by atoms with van der Waals surface area (Å²) in [5.74, 6) is -0.0604. The Morgan fingerprint density at radius 1 is 1.56 bits per heavy atom. The monoisotopic (exact) mass is 334 g/mol. The van der Waals surface area contributed by atoms with Crippen LogP contribution in [-0.2, 0) is 0 Å². The molecule has 1 N–H and O–H groups in total. The Labute approximate surface area is 109 Å². The summed E-state index contributed by atoms with van der Waals surface area (Å²) in [4.78, 5) is 11.0. The predicted molar refractivity (Wildman–Crippen MR) is 71.1 cm³/mol. The van der Waals surface area contributed by atoms with E-state index < -0.39 is 5.97 Å². The summed E-state index contributed by atoms with van der Waals surface area (Å²) in [5.41, 5.74) is 0.226. The van der Waals surface area contributed by atoms with Gasteiger partial charge >= 0.3 is 5.97 Å². The minimum atomic E-state index is -0.949. The van der Waals surface area contributed by atoms with Gasteiger partial charge in [0, 0.05) is 3.57 Å². The first-order valence-electron chi connectivity index (χ1n) is 5.20. The van der Waals surface area contributed by atoms with E-state index in [1.807, 2.05) is 0 Å². The molecule has 3 nitrogen and oxygen atoms in total. The zero-order valence-corrected chi connectivity index (χ0v) is 11.5. The maximum Gasteiger partial charge on any atom is 0.339 e. The molecular formula is C12H15IO3. The largest absolute Gasteiger partial charge is 0.492 e. The van der Waals surface area contributed by atoms with Crippen LogP contribution in [0, 0.1) is 9.49 Å². The molecule has 16 heavy (non-hydrogen) atoms. The van der Waals surface area contributed by atoms with Crippen molar-refractivity contribution in [2.24, 2.45) is 5.92 Å². The number of aromatic carboxylic acids is 1. The fourth-order valence-corrected chi connectivity index (χ4v) is 1.60. The molecule has 0 fully saturated rings. The molecule has 1 atom stereocenters. The van der Waals surface area contributed by atoms with Crippen molar-refractivity contribution in [3.63, 3.8) is 0 Å². The van der Waals surface area contributed by atoms with Crippen molar-refractivity contribution in [1.82, 2.24) is 0 Å². The highest BCUT2D eigenvalue weighted by Gasteiger charge is 2.12. The Balaban J connectivity index is 2.84. The van der Waals surface area contributed by atoms with Crippen LogP contribution >= 0.6 is 22.6 Å². The molecule has 0 heterocycles. The van der Waals surface area contributed by atoms with Gasteiger partial charge in [-0.2, -0.15) is 0 Å². The fourth-order valence-electron chi connectivity index (χ4n) is 1.14. The summed E-state index contributed by atoms with van der Waals surface area (Å²) in [6, 6.07) is 5.10. The third-order valence-corrected chi connectivity index (χ3v) is 3.07. The number of carboxylic acid groups (broad SMARTS) is 1. The first-order valence-corrected chi connectivity index (χ1v) is 6.28. The second kappa shape index (κ2) is 6.08. The standard InChI is InChI=1S/C12H15IO3/c1-3-8(2)7-16-11-6-9(13)4-5-10(11)12(14)15/h4-6,8H,3,7H2,1-2H3,(H,14,15). The fraction of sp³-hybridized carbons (Fsp3) is 0.417. The van der Waals surface area contributed by atoms with Crippen LogP contribution < -0.4 is 4.74 Å². The van der Waals surface area contributed by atoms with Gasteiger partial charge in [-0.05, 0) is 46.7 Å². The molecule has 0 saturated carbocycles. The lowest BCUT2D eigenvalue weighted by molar-refractivity contribution is 0.0691. The van der Waals surface area contributed by atoms with Gasteiger partial charge < -0.3 is 9.84 Å². The SMILES string of the molecule is CCC(C)COc1cc(I)ccc1C(=O)O. The molecule has 0 aliphatic heterocycles. The van der Waals surface area contributed by atoms with E-state index in [9.17, 15) is 4.79 Å². The van der Waals surface area contributed by atoms with Crippen LogP contribution in [0.4, 0.5) is 0 Å². The molecule has 88 valence electrons. The topological polar surface area (TPSA) is 46.5 Å². The Bertz CT molecular complexity index is 377. The summed E-state index contributed by atoms with van der Waals surface area (Å²) < 4.78 is 6.52. The molecule has 4 heteroatoms. The lowest BCUT2D eigenvalue weighted by atomic mass is 10.1. The normalized spacial score (nSPS) is 12.2. The van der Waals surface area contributed by atoms with Crippen LogP contribution in [0.2, 0.25) is 0 Å². The van der Waals surface area contributed by atoms with Gasteiger partial charge in [-0.25, -0.2) is 4.79 Å². The number of hydrogen-bond donors (Lipinski definition) is 1. The molecule has 0 amide bonds. The van der Waals surface area contributed by atoms with Gasteiger partial charge in [0.2, 0.25) is 0 Å². The van der Waals surface area contributed by atoms with Crippen LogP contribution in [-0.4, -0.2) is 17.7 Å². The minimum Gasteiger partial charge on any atom is -0.492 e. The van der Waals surface area contributed by atoms with Crippen LogP contribution in [0.1, 0.15) is 30.6 Å². The number of hydrogen-bond acceptors (Lipinski definition) is 2. The zero-order valence-electron chi connectivity index (χ0n) is 9.37. The third kappa shape index (κ3) is 3.66. The van der Waals surface area contributed by atoms with Crippen LogP contribution in [0.25, 0.3) is 0 Å². The Morgan fingerprint density at radius 3 is 2.81 bits per heavy atom. The van der Waals surface area contributed by atoms with Gasteiger partial charge in [-0.1, -0.05) is 20.3 Å². The molecular weight excluding hydrogens is 319 g/mol. The minimum absolute atomic E-state index is 0.226. The van der Waals surface area contributed by atoms with Crippen molar-refractivity contribution in [1.29, 1.82) is 0 Å². The smallest absolute Gasteiger partial charge is 0.339 e. The van der Waals surface area contributed by atoms with Gasteiger partial charge in [0.25, 0.3) is 0 Å². The number of carbonyl (C=O) groups is 1. The van der Waals surface area contributed by atoms with Crippen molar-refractivity contribution in [2.45, 2.75) is 20.3 Å². The van der Waals surface area contributed by atoms with E-state index in [0.717, 1.165) is 9.99 Å². The Hall–Kier alpha value is -0.780. The molecule has 0 aliphatic rings. The van der Waals surface area contributed by atoms with Crippen LogP contribution in [0.5, 0.6) is 5.75 Å². The molecule has 1 unspecified atom stereocenters. The molecule has 0 spiro atoms. The maximum atomic E-state index is 11.0. The van der Waals surface area contributed by atoms with E-state index in [1.165, 1.54) is 0 Å². The molecule has 0 radical (unpaired) electrons. The van der Waals surface area contributed by atoms with E-state index in [-0.39, 0.29) is 5.56 Å². The van der Waals surface area contributed by atoms with E-state index in [0.29, 0.717) is 18.3 Å². The lowest BCUT2D eigenvalue weighted by Gasteiger charge is -2.13. The van der Waals surface area contributed by atoms with Gasteiger partial charge in [-0.15, -0.1) is 0 Å². The lowest BCUT2D eigenvalue weighted by Crippen LogP contribution is -2.10. The van der Waals surface area contributed by atoms with E-state index in [1.54, 1.807) is 18.2 Å². The number of rotatable bonds is 5. The maximum absolute atomic E-state index is 11.0. The molecule has 1 aromatic rings. The second-order valence-corrected chi connectivity index (χ2v) is 5.02. The quantitative estimate of drug-likeness (QED) is 0.840. The van der Waals surface area contributed by atoms with Gasteiger partial charge in [0.1, 0.15) is 11.3 Å². The van der Waals surface area contributed by atoms with Crippen molar-refractivity contribution in [3.05, 3.63) is 27.3 Å². The molecule has 0 aromatic heterocycles. The number of halogens is 1. The summed E-state index contributed by atoms with van der Waals surface area (Å²) in [7, 11) is 0. The van der Waals surface area contributed by atoms with Crippen LogP contribution in [0.3, 0.4) is 0 Å². The third-order valence-electron chi connectivity index (χ3n) is 2.39. The molecule has 0 bridgehead atoms. The summed E-state index contributed by atoms with van der Waals surface area (Å²) in [6.07, 6.45) is 1.02. The number of benzene rings is 1.